The summed E-state index contributed by atoms with van der Waals surface area (Å²) in [4.78, 5) is 5.11. The lowest BCUT2D eigenvalue weighted by molar-refractivity contribution is 0.137. The SMILES string of the molecule is CCN1CCN(CCCNc2ccccc2)CC1. The lowest BCUT2D eigenvalue weighted by Crippen LogP contribution is -2.46. The van der Waals surface area contributed by atoms with E-state index in [-0.39, 0.29) is 0 Å². The summed E-state index contributed by atoms with van der Waals surface area (Å²) in [5, 5.41) is 3.47. The second-order valence-corrected chi connectivity index (χ2v) is 4.92. The topological polar surface area (TPSA) is 18.5 Å². The van der Waals surface area contributed by atoms with Crippen LogP contribution in [0.1, 0.15) is 13.3 Å². The van der Waals surface area contributed by atoms with Gasteiger partial charge in [0.25, 0.3) is 0 Å². The fourth-order valence-corrected chi connectivity index (χ4v) is 2.42. The molecule has 0 aromatic heterocycles. The molecule has 1 aliphatic rings. The highest BCUT2D eigenvalue weighted by Crippen LogP contribution is 2.05. The predicted octanol–water partition coefficient (Wildman–Crippen LogP) is 2.13. The quantitative estimate of drug-likeness (QED) is 0.777. The normalized spacial score (nSPS) is 17.8. The van der Waals surface area contributed by atoms with Crippen molar-refractivity contribution in [3.63, 3.8) is 0 Å². The number of rotatable bonds is 6. The molecule has 1 N–H and O–H groups in total. The summed E-state index contributed by atoms with van der Waals surface area (Å²) in [6.07, 6.45) is 1.22. The van der Waals surface area contributed by atoms with Gasteiger partial charge in [0.15, 0.2) is 0 Å². The Hall–Kier alpha value is -1.06. The van der Waals surface area contributed by atoms with E-state index in [2.05, 4.69) is 52.4 Å². The summed E-state index contributed by atoms with van der Waals surface area (Å²) in [5.41, 5.74) is 1.23. The Labute approximate surface area is 111 Å². The molecule has 0 radical (unpaired) electrons. The zero-order valence-electron chi connectivity index (χ0n) is 11.4. The molecule has 1 saturated heterocycles. The standard InChI is InChI=1S/C15H25N3/c1-2-17-11-13-18(14-12-17)10-6-9-16-15-7-4-3-5-8-15/h3-5,7-8,16H,2,6,9-14H2,1H3. The van der Waals surface area contributed by atoms with Gasteiger partial charge in [-0.15, -0.1) is 0 Å². The molecule has 0 amide bonds. The number of piperazine rings is 1. The summed E-state index contributed by atoms with van der Waals surface area (Å²) in [6, 6.07) is 10.5. The minimum atomic E-state index is 1.07. The van der Waals surface area contributed by atoms with Gasteiger partial charge in [0.05, 0.1) is 0 Å². The van der Waals surface area contributed by atoms with Gasteiger partial charge in [-0.05, 0) is 31.6 Å². The Morgan fingerprint density at radius 1 is 1.00 bits per heavy atom. The van der Waals surface area contributed by atoms with Crippen molar-refractivity contribution in [1.29, 1.82) is 0 Å². The van der Waals surface area contributed by atoms with Crippen molar-refractivity contribution in [2.75, 3.05) is 51.1 Å². The minimum Gasteiger partial charge on any atom is -0.385 e. The van der Waals surface area contributed by atoms with Crippen LogP contribution in [0.15, 0.2) is 30.3 Å². The van der Waals surface area contributed by atoms with E-state index in [1.165, 1.54) is 51.4 Å². The minimum absolute atomic E-state index is 1.07. The van der Waals surface area contributed by atoms with Crippen molar-refractivity contribution in [3.8, 4) is 0 Å². The Balaban J connectivity index is 1.56. The number of likely N-dealkylation sites (N-methyl/N-ethyl adjacent to an activating group) is 1. The summed E-state index contributed by atoms with van der Waals surface area (Å²) >= 11 is 0. The first-order valence-electron chi connectivity index (χ1n) is 7.12. The monoisotopic (exact) mass is 247 g/mol. The van der Waals surface area contributed by atoms with E-state index in [1.54, 1.807) is 0 Å². The zero-order chi connectivity index (χ0) is 12.6. The van der Waals surface area contributed by atoms with E-state index in [9.17, 15) is 0 Å². The highest BCUT2D eigenvalue weighted by molar-refractivity contribution is 5.42. The molecule has 0 unspecified atom stereocenters. The molecule has 2 rings (SSSR count). The number of hydrogen-bond acceptors (Lipinski definition) is 3. The highest BCUT2D eigenvalue weighted by atomic mass is 15.3. The van der Waals surface area contributed by atoms with Crippen LogP contribution in [0.3, 0.4) is 0 Å². The Morgan fingerprint density at radius 2 is 1.67 bits per heavy atom. The molecule has 1 fully saturated rings. The van der Waals surface area contributed by atoms with E-state index in [0.29, 0.717) is 0 Å². The molecular weight excluding hydrogens is 222 g/mol. The van der Waals surface area contributed by atoms with Gasteiger partial charge in [0.1, 0.15) is 0 Å². The van der Waals surface area contributed by atoms with Crippen LogP contribution in [0.25, 0.3) is 0 Å². The molecule has 0 saturated carbocycles. The fourth-order valence-electron chi connectivity index (χ4n) is 2.42. The molecule has 0 bridgehead atoms. The summed E-state index contributed by atoms with van der Waals surface area (Å²) in [5.74, 6) is 0. The highest BCUT2D eigenvalue weighted by Gasteiger charge is 2.14. The van der Waals surface area contributed by atoms with Gasteiger partial charge in [0.2, 0.25) is 0 Å². The van der Waals surface area contributed by atoms with E-state index in [1.807, 2.05) is 0 Å². The molecule has 3 nitrogen and oxygen atoms in total. The zero-order valence-corrected chi connectivity index (χ0v) is 11.4. The third-order valence-corrected chi connectivity index (χ3v) is 3.67. The lowest BCUT2D eigenvalue weighted by atomic mass is 10.2. The second-order valence-electron chi connectivity index (χ2n) is 4.92. The first kappa shape index (κ1) is 13.4. The Morgan fingerprint density at radius 3 is 2.33 bits per heavy atom. The molecule has 0 spiro atoms. The van der Waals surface area contributed by atoms with Gasteiger partial charge in [-0.1, -0.05) is 25.1 Å². The van der Waals surface area contributed by atoms with Gasteiger partial charge in [0, 0.05) is 38.4 Å². The molecule has 1 aromatic carbocycles. The fraction of sp³-hybridized carbons (Fsp3) is 0.600. The molecule has 0 aliphatic carbocycles. The van der Waals surface area contributed by atoms with Crippen LogP contribution in [0.2, 0.25) is 0 Å². The van der Waals surface area contributed by atoms with Crippen LogP contribution >= 0.6 is 0 Å². The molecule has 0 atom stereocenters. The number of para-hydroxylation sites is 1. The Bertz CT molecular complexity index is 318. The van der Waals surface area contributed by atoms with Crippen molar-refractivity contribution in [2.45, 2.75) is 13.3 Å². The smallest absolute Gasteiger partial charge is 0.0340 e. The van der Waals surface area contributed by atoms with Crippen LogP contribution in [-0.2, 0) is 0 Å². The number of nitrogens with zero attached hydrogens (tertiary/aromatic N) is 2. The van der Waals surface area contributed by atoms with Gasteiger partial charge < -0.3 is 15.1 Å². The van der Waals surface area contributed by atoms with Gasteiger partial charge in [-0.25, -0.2) is 0 Å². The third-order valence-electron chi connectivity index (χ3n) is 3.67. The summed E-state index contributed by atoms with van der Waals surface area (Å²) < 4.78 is 0. The maximum absolute atomic E-state index is 3.47. The summed E-state index contributed by atoms with van der Waals surface area (Å²) in [6.45, 7) is 10.7. The van der Waals surface area contributed by atoms with E-state index < -0.39 is 0 Å². The first-order chi connectivity index (χ1) is 8.88. The van der Waals surface area contributed by atoms with Crippen LogP contribution in [0.4, 0.5) is 5.69 Å². The van der Waals surface area contributed by atoms with Gasteiger partial charge >= 0.3 is 0 Å². The van der Waals surface area contributed by atoms with Crippen LogP contribution in [0, 0.1) is 0 Å². The third kappa shape index (κ3) is 4.31. The van der Waals surface area contributed by atoms with E-state index >= 15 is 0 Å². The second kappa shape index (κ2) is 7.39. The van der Waals surface area contributed by atoms with Crippen LogP contribution < -0.4 is 5.32 Å². The van der Waals surface area contributed by atoms with Crippen molar-refractivity contribution in [2.24, 2.45) is 0 Å². The predicted molar refractivity (Wildman–Crippen MR) is 78.1 cm³/mol. The molecule has 3 heteroatoms. The average Bonchev–Trinajstić information content (AvgIpc) is 2.45. The molecule has 18 heavy (non-hydrogen) atoms. The molecule has 1 aromatic rings. The van der Waals surface area contributed by atoms with Crippen molar-refractivity contribution in [1.82, 2.24) is 9.80 Å². The maximum atomic E-state index is 3.47. The number of anilines is 1. The van der Waals surface area contributed by atoms with Crippen molar-refractivity contribution >= 4 is 5.69 Å². The van der Waals surface area contributed by atoms with Crippen molar-refractivity contribution in [3.05, 3.63) is 30.3 Å². The van der Waals surface area contributed by atoms with Gasteiger partial charge in [-0.3, -0.25) is 0 Å². The van der Waals surface area contributed by atoms with E-state index in [0.717, 1.165) is 6.54 Å². The first-order valence-corrected chi connectivity index (χ1v) is 7.12. The average molecular weight is 247 g/mol. The molecule has 1 aliphatic heterocycles. The van der Waals surface area contributed by atoms with Crippen molar-refractivity contribution < 1.29 is 0 Å². The molecule has 100 valence electrons. The number of nitrogens with one attached hydrogen (secondary N) is 1. The van der Waals surface area contributed by atoms with E-state index in [4.69, 9.17) is 0 Å². The largest absolute Gasteiger partial charge is 0.385 e. The maximum Gasteiger partial charge on any atom is 0.0340 e. The van der Waals surface area contributed by atoms with Crippen LogP contribution in [0.5, 0.6) is 0 Å². The van der Waals surface area contributed by atoms with Gasteiger partial charge in [-0.2, -0.15) is 0 Å². The number of hydrogen-bond donors (Lipinski definition) is 1. The number of benzene rings is 1. The molecular formula is C15H25N3. The summed E-state index contributed by atoms with van der Waals surface area (Å²) in [7, 11) is 0. The Kier molecular flexibility index (Phi) is 5.49. The van der Waals surface area contributed by atoms with Crippen LogP contribution in [-0.4, -0.2) is 55.6 Å². The molecule has 1 heterocycles. The lowest BCUT2D eigenvalue weighted by Gasteiger charge is -2.34.